The summed E-state index contributed by atoms with van der Waals surface area (Å²) in [5.41, 5.74) is 2.89. The van der Waals surface area contributed by atoms with Crippen LogP contribution in [0.2, 0.25) is 0 Å². The van der Waals surface area contributed by atoms with Crippen molar-refractivity contribution in [1.82, 2.24) is 21.3 Å². The molecule has 0 saturated heterocycles. The summed E-state index contributed by atoms with van der Waals surface area (Å²) in [6, 6.07) is 21.6. The lowest BCUT2D eigenvalue weighted by molar-refractivity contribution is 0.535. The highest BCUT2D eigenvalue weighted by molar-refractivity contribution is 5.86. The third-order valence-corrected chi connectivity index (χ3v) is 6.44. The number of hydrogen-bond acceptors (Lipinski definition) is 4. The molecule has 0 unspecified atom stereocenters. The van der Waals surface area contributed by atoms with Crippen LogP contribution in [-0.4, -0.2) is 52.4 Å². The third-order valence-electron chi connectivity index (χ3n) is 6.44. The lowest BCUT2D eigenvalue weighted by Crippen LogP contribution is -2.23. The van der Waals surface area contributed by atoms with Crippen molar-refractivity contribution in [1.29, 1.82) is 0 Å². The van der Waals surface area contributed by atoms with Gasteiger partial charge in [-0.25, -0.2) is 0 Å². The Labute approximate surface area is 264 Å². The van der Waals surface area contributed by atoms with Crippen molar-refractivity contribution in [2.45, 2.75) is 70.6 Å². The van der Waals surface area contributed by atoms with E-state index in [1.807, 2.05) is 0 Å². The second-order valence-electron chi connectivity index (χ2n) is 9.65. The molecule has 0 heterocycles. The Morgan fingerprint density at radius 3 is 0.949 bits per heavy atom. The molecule has 4 nitrogen and oxygen atoms in total. The van der Waals surface area contributed by atoms with Crippen LogP contribution in [0.3, 0.4) is 0 Å². The number of rotatable bonds is 24. The zero-order valence-electron chi connectivity index (χ0n) is 23.8. The van der Waals surface area contributed by atoms with Crippen molar-refractivity contribution in [3.8, 4) is 0 Å². The topological polar surface area (TPSA) is 48.1 Å². The van der Waals surface area contributed by atoms with Crippen LogP contribution in [0.15, 0.2) is 60.7 Å². The minimum atomic E-state index is 0. The van der Waals surface area contributed by atoms with E-state index in [-0.39, 0.29) is 49.6 Å². The van der Waals surface area contributed by atoms with Crippen LogP contribution in [0.5, 0.6) is 0 Å². The Kier molecular flexibility index (Phi) is 37.0. The van der Waals surface area contributed by atoms with E-state index in [0.717, 1.165) is 39.3 Å². The van der Waals surface area contributed by atoms with Crippen molar-refractivity contribution in [2.75, 3.05) is 52.4 Å². The first-order valence-corrected chi connectivity index (χ1v) is 14.4. The highest BCUT2D eigenvalue weighted by Gasteiger charge is 1.95. The first-order chi connectivity index (χ1) is 17.4. The Morgan fingerprint density at radius 2 is 0.590 bits per heavy atom. The summed E-state index contributed by atoms with van der Waals surface area (Å²) in [7, 11) is 0. The maximum Gasteiger partial charge on any atom is -0.00368 e. The van der Waals surface area contributed by atoms with Gasteiger partial charge < -0.3 is 21.3 Å². The smallest absolute Gasteiger partial charge is 0.00368 e. The van der Waals surface area contributed by atoms with E-state index in [0.29, 0.717) is 0 Å². The molecule has 0 spiro atoms. The molecule has 228 valence electrons. The molecule has 0 aliphatic rings. The summed E-state index contributed by atoms with van der Waals surface area (Å²) in [5.74, 6) is 0. The maximum absolute atomic E-state index is 3.60. The summed E-state index contributed by atoms with van der Waals surface area (Å²) < 4.78 is 0. The predicted molar refractivity (Wildman–Crippen MR) is 182 cm³/mol. The fourth-order valence-corrected chi connectivity index (χ4v) is 4.33. The second-order valence-corrected chi connectivity index (χ2v) is 9.65. The highest BCUT2D eigenvalue weighted by atomic mass is 35.5. The molecule has 0 aliphatic heterocycles. The fraction of sp³-hybridized carbons (Fsp3) is 0.613. The van der Waals surface area contributed by atoms with Gasteiger partial charge in [-0.05, 0) is 115 Å². The molecule has 0 atom stereocenters. The Hall–Kier alpha value is -0.560. The van der Waals surface area contributed by atoms with Gasteiger partial charge in [0.15, 0.2) is 0 Å². The van der Waals surface area contributed by atoms with Gasteiger partial charge in [-0.1, -0.05) is 79.9 Å². The minimum absolute atomic E-state index is 0. The van der Waals surface area contributed by atoms with E-state index in [9.17, 15) is 0 Å². The van der Waals surface area contributed by atoms with Gasteiger partial charge >= 0.3 is 0 Å². The molecule has 0 bridgehead atoms. The van der Waals surface area contributed by atoms with Crippen LogP contribution >= 0.6 is 49.6 Å². The second kappa shape index (κ2) is 33.6. The molecular weight excluding hydrogens is 570 g/mol. The van der Waals surface area contributed by atoms with Crippen LogP contribution in [0.4, 0.5) is 0 Å². The monoisotopic (exact) mass is 624 g/mol. The quantitative estimate of drug-likeness (QED) is 0.0946. The van der Waals surface area contributed by atoms with Gasteiger partial charge in [0, 0.05) is 0 Å². The van der Waals surface area contributed by atoms with Crippen LogP contribution < -0.4 is 21.3 Å². The Bertz CT molecular complexity index is 636. The molecule has 0 aliphatic carbocycles. The van der Waals surface area contributed by atoms with Crippen LogP contribution in [0, 0.1) is 0 Å². The van der Waals surface area contributed by atoms with Gasteiger partial charge in [0.1, 0.15) is 0 Å². The molecule has 8 heteroatoms. The average Bonchev–Trinajstić information content (AvgIpc) is 2.90. The van der Waals surface area contributed by atoms with E-state index in [1.54, 1.807) is 0 Å². The number of aryl methyl sites for hydroxylation is 2. The lowest BCUT2D eigenvalue weighted by Gasteiger charge is -2.08. The highest BCUT2D eigenvalue weighted by Crippen LogP contribution is 2.03. The van der Waals surface area contributed by atoms with E-state index >= 15 is 0 Å². The molecule has 0 saturated carbocycles. The largest absolute Gasteiger partial charge is 0.317 e. The van der Waals surface area contributed by atoms with Crippen molar-refractivity contribution < 1.29 is 0 Å². The third kappa shape index (κ3) is 27.4. The van der Waals surface area contributed by atoms with Gasteiger partial charge in [0.25, 0.3) is 0 Å². The van der Waals surface area contributed by atoms with Crippen LogP contribution in [-0.2, 0) is 12.8 Å². The first-order valence-electron chi connectivity index (χ1n) is 14.4. The summed E-state index contributed by atoms with van der Waals surface area (Å²) in [5, 5.41) is 14.3. The zero-order chi connectivity index (χ0) is 24.5. The van der Waals surface area contributed by atoms with Gasteiger partial charge in [-0.15, -0.1) is 49.6 Å². The molecular formula is C31H56Cl4N4. The van der Waals surface area contributed by atoms with Gasteiger partial charge in [-0.3, -0.25) is 0 Å². The molecule has 0 fully saturated rings. The molecule has 2 rings (SSSR count). The van der Waals surface area contributed by atoms with Gasteiger partial charge in [0.05, 0.1) is 0 Å². The lowest BCUT2D eigenvalue weighted by atomic mass is 10.1. The van der Waals surface area contributed by atoms with Crippen molar-refractivity contribution in [3.63, 3.8) is 0 Å². The Morgan fingerprint density at radius 1 is 0.308 bits per heavy atom. The number of benzene rings is 2. The molecule has 0 amide bonds. The minimum Gasteiger partial charge on any atom is -0.317 e. The summed E-state index contributed by atoms with van der Waals surface area (Å²) in [6.07, 6.45) is 14.0. The van der Waals surface area contributed by atoms with Crippen molar-refractivity contribution in [2.24, 2.45) is 0 Å². The SMILES string of the molecule is Cl.Cl.Cl.Cl.c1ccc(CCCNCCCNCCCCCCCNCCCNCCCc2ccccc2)cc1. The van der Waals surface area contributed by atoms with Crippen molar-refractivity contribution >= 4 is 49.6 Å². The summed E-state index contributed by atoms with van der Waals surface area (Å²) in [6.45, 7) is 9.11. The standard InChI is InChI=1S/C31H52N4.4ClH/c1(2-10-22-32-26-14-28-34-24-12-20-30-16-6-4-7-17-30)3-11-23-33-27-15-29-35-25-13-21-31-18-8-5-9-19-31;;;;/h4-9,16-19,32-35H,1-3,10-15,20-29H2;4*1H. The van der Waals surface area contributed by atoms with Gasteiger partial charge in [0.2, 0.25) is 0 Å². The normalized spacial score (nSPS) is 10.1. The van der Waals surface area contributed by atoms with E-state index in [2.05, 4.69) is 81.9 Å². The maximum atomic E-state index is 3.60. The number of hydrogen-bond donors (Lipinski definition) is 4. The number of unbranched alkanes of at least 4 members (excludes halogenated alkanes) is 4. The molecule has 2 aromatic rings. The van der Waals surface area contributed by atoms with Crippen LogP contribution in [0.1, 0.15) is 68.9 Å². The zero-order valence-corrected chi connectivity index (χ0v) is 27.1. The van der Waals surface area contributed by atoms with Gasteiger partial charge in [-0.2, -0.15) is 0 Å². The Balaban J connectivity index is -0.00000324. The molecule has 4 N–H and O–H groups in total. The molecule has 2 aromatic carbocycles. The fourth-order valence-electron chi connectivity index (χ4n) is 4.33. The predicted octanol–water partition coefficient (Wildman–Crippen LogP) is 7.03. The van der Waals surface area contributed by atoms with E-state index < -0.39 is 0 Å². The van der Waals surface area contributed by atoms with Crippen LogP contribution in [0.25, 0.3) is 0 Å². The molecule has 0 aromatic heterocycles. The average molecular weight is 627 g/mol. The van der Waals surface area contributed by atoms with Crippen molar-refractivity contribution in [3.05, 3.63) is 71.8 Å². The number of halogens is 4. The number of nitrogens with one attached hydrogen (secondary N) is 4. The van der Waals surface area contributed by atoms with E-state index in [1.165, 1.54) is 94.8 Å². The summed E-state index contributed by atoms with van der Waals surface area (Å²) in [4.78, 5) is 0. The van der Waals surface area contributed by atoms with E-state index in [4.69, 9.17) is 0 Å². The molecule has 0 radical (unpaired) electrons. The molecule has 39 heavy (non-hydrogen) atoms. The summed E-state index contributed by atoms with van der Waals surface area (Å²) >= 11 is 0. The first kappa shape index (κ1) is 42.9.